The van der Waals surface area contributed by atoms with E-state index >= 15 is 0 Å². The van der Waals surface area contributed by atoms with Gasteiger partial charge in [0.05, 0.1) is 11.5 Å². The number of carbonyl (C=O) groups is 1. The van der Waals surface area contributed by atoms with Crippen LogP contribution in [0.25, 0.3) is 10.4 Å². The lowest BCUT2D eigenvalue weighted by Crippen LogP contribution is -2.27. The Hall–Kier alpha value is -3.38. The van der Waals surface area contributed by atoms with Crippen LogP contribution in [0.2, 0.25) is 0 Å². The maximum atomic E-state index is 11.9. The van der Waals surface area contributed by atoms with Crippen LogP contribution in [-0.2, 0) is 6.54 Å². The average molecular weight is 297 g/mol. The first kappa shape index (κ1) is 15.0. The van der Waals surface area contributed by atoms with E-state index in [1.165, 1.54) is 29.2 Å². The van der Waals surface area contributed by atoms with Gasteiger partial charge < -0.3 is 4.90 Å². The third kappa shape index (κ3) is 3.59. The van der Waals surface area contributed by atoms with Crippen LogP contribution >= 0.6 is 0 Å². The summed E-state index contributed by atoms with van der Waals surface area (Å²) in [6, 6.07) is 13.8. The maximum Gasteiger partial charge on any atom is 0.315 e. The Morgan fingerprint density at radius 1 is 1.18 bits per heavy atom. The quantitative estimate of drug-likeness (QED) is 0.279. The summed E-state index contributed by atoms with van der Waals surface area (Å²) >= 11 is 0. The van der Waals surface area contributed by atoms with Crippen LogP contribution in [0, 0.1) is 10.1 Å². The van der Waals surface area contributed by atoms with Gasteiger partial charge >= 0.3 is 6.03 Å². The van der Waals surface area contributed by atoms with Gasteiger partial charge in [0.25, 0.3) is 5.69 Å². The summed E-state index contributed by atoms with van der Waals surface area (Å²) in [4.78, 5) is 25.8. The second-order valence-corrected chi connectivity index (χ2v) is 4.32. The number of amides is 2. The van der Waals surface area contributed by atoms with Crippen molar-refractivity contribution in [1.82, 2.24) is 0 Å². The van der Waals surface area contributed by atoms with E-state index in [0.717, 1.165) is 5.56 Å². The fraction of sp³-hybridized carbons (Fsp3) is 0.0714. The number of benzene rings is 2. The van der Waals surface area contributed by atoms with Gasteiger partial charge in [-0.1, -0.05) is 30.3 Å². The molecule has 2 aromatic rings. The zero-order valence-electron chi connectivity index (χ0n) is 11.4. The lowest BCUT2D eigenvalue weighted by atomic mass is 10.2. The summed E-state index contributed by atoms with van der Waals surface area (Å²) in [5.74, 6) is 0. The third-order valence-corrected chi connectivity index (χ3v) is 2.92. The SMILES string of the molecule is [N-]=[N+]=NC(=O)N(Cc1ccccc1)c1ccc([N+](=O)[O-])cc1. The van der Waals surface area contributed by atoms with E-state index in [1.807, 2.05) is 30.3 Å². The molecule has 0 radical (unpaired) electrons. The second kappa shape index (κ2) is 6.87. The van der Waals surface area contributed by atoms with E-state index in [2.05, 4.69) is 10.0 Å². The monoisotopic (exact) mass is 297 g/mol. The number of non-ortho nitro benzene ring substituents is 1. The number of carbonyl (C=O) groups excluding carboxylic acids is 1. The molecule has 0 aromatic heterocycles. The second-order valence-electron chi connectivity index (χ2n) is 4.32. The summed E-state index contributed by atoms with van der Waals surface area (Å²) in [5, 5.41) is 13.8. The number of azide groups is 1. The topological polar surface area (TPSA) is 112 Å². The van der Waals surface area contributed by atoms with Gasteiger partial charge in [-0.05, 0) is 23.2 Å². The maximum absolute atomic E-state index is 11.9. The number of urea groups is 1. The van der Waals surface area contributed by atoms with Crippen molar-refractivity contribution in [3.63, 3.8) is 0 Å². The molecule has 2 aromatic carbocycles. The molecule has 8 heteroatoms. The molecule has 0 heterocycles. The molecule has 2 rings (SSSR count). The molecule has 0 fully saturated rings. The fourth-order valence-corrected chi connectivity index (χ4v) is 1.88. The molecule has 0 unspecified atom stereocenters. The Kier molecular flexibility index (Phi) is 4.69. The highest BCUT2D eigenvalue weighted by molar-refractivity contribution is 5.92. The molecule has 0 aliphatic carbocycles. The predicted octanol–water partition coefficient (Wildman–Crippen LogP) is 4.03. The standard InChI is InChI=1S/C14H11N5O3/c15-17-16-14(20)18(10-11-4-2-1-3-5-11)12-6-8-13(9-7-12)19(21)22/h1-9H,10H2. The first-order chi connectivity index (χ1) is 10.6. The zero-order chi connectivity index (χ0) is 15.9. The van der Waals surface area contributed by atoms with Gasteiger partial charge in [0.2, 0.25) is 0 Å². The third-order valence-electron chi connectivity index (χ3n) is 2.92. The lowest BCUT2D eigenvalue weighted by molar-refractivity contribution is -0.384. The molecule has 0 saturated heterocycles. The van der Waals surface area contributed by atoms with Gasteiger partial charge in [-0.25, -0.2) is 0 Å². The lowest BCUT2D eigenvalue weighted by Gasteiger charge is -2.20. The summed E-state index contributed by atoms with van der Waals surface area (Å²) < 4.78 is 0. The Balaban J connectivity index is 2.33. The van der Waals surface area contributed by atoms with Gasteiger partial charge in [0, 0.05) is 27.8 Å². The molecule has 8 nitrogen and oxygen atoms in total. The Labute approximate surface area is 125 Å². The minimum Gasteiger partial charge on any atom is -0.302 e. The van der Waals surface area contributed by atoms with E-state index in [-0.39, 0.29) is 12.2 Å². The molecule has 0 spiro atoms. The summed E-state index contributed by atoms with van der Waals surface area (Å²) in [7, 11) is 0. The van der Waals surface area contributed by atoms with Crippen LogP contribution in [0.1, 0.15) is 5.56 Å². The smallest absolute Gasteiger partial charge is 0.302 e. The van der Waals surface area contributed by atoms with Gasteiger partial charge in [-0.3, -0.25) is 14.9 Å². The first-order valence-electron chi connectivity index (χ1n) is 6.27. The van der Waals surface area contributed by atoms with E-state index in [1.54, 1.807) is 0 Å². The van der Waals surface area contributed by atoms with Crippen LogP contribution < -0.4 is 4.90 Å². The molecular weight excluding hydrogens is 286 g/mol. The van der Waals surface area contributed by atoms with Crippen LogP contribution in [-0.4, -0.2) is 11.0 Å². The number of nitro benzene ring substituents is 1. The van der Waals surface area contributed by atoms with E-state index in [0.29, 0.717) is 5.69 Å². The molecule has 0 atom stereocenters. The molecule has 0 N–H and O–H groups in total. The number of nitrogens with zero attached hydrogens (tertiary/aromatic N) is 5. The molecule has 0 aliphatic rings. The van der Waals surface area contributed by atoms with Gasteiger partial charge in [-0.15, -0.1) is 0 Å². The number of hydrogen-bond donors (Lipinski definition) is 0. The summed E-state index contributed by atoms with van der Waals surface area (Å²) in [6.07, 6.45) is 0. The van der Waals surface area contributed by atoms with Crippen molar-refractivity contribution < 1.29 is 9.72 Å². The van der Waals surface area contributed by atoms with Crippen molar-refractivity contribution in [3.8, 4) is 0 Å². The van der Waals surface area contributed by atoms with Crippen molar-refractivity contribution in [2.24, 2.45) is 5.11 Å². The van der Waals surface area contributed by atoms with Crippen LogP contribution in [0.15, 0.2) is 59.7 Å². The van der Waals surface area contributed by atoms with Gasteiger partial charge in [-0.2, -0.15) is 0 Å². The van der Waals surface area contributed by atoms with Crippen LogP contribution in [0.4, 0.5) is 16.2 Å². The van der Waals surface area contributed by atoms with E-state index in [4.69, 9.17) is 5.53 Å². The highest BCUT2D eigenvalue weighted by Gasteiger charge is 2.16. The highest BCUT2D eigenvalue weighted by atomic mass is 16.6. The molecule has 22 heavy (non-hydrogen) atoms. The van der Waals surface area contributed by atoms with E-state index < -0.39 is 11.0 Å². The van der Waals surface area contributed by atoms with E-state index in [9.17, 15) is 14.9 Å². The summed E-state index contributed by atoms with van der Waals surface area (Å²) in [5.41, 5.74) is 9.60. The van der Waals surface area contributed by atoms with Crippen LogP contribution in [0.3, 0.4) is 0 Å². The molecular formula is C14H11N5O3. The zero-order valence-corrected chi connectivity index (χ0v) is 11.4. The fourth-order valence-electron chi connectivity index (χ4n) is 1.88. The Morgan fingerprint density at radius 3 is 2.36 bits per heavy atom. The molecule has 0 aliphatic heterocycles. The van der Waals surface area contributed by atoms with Crippen molar-refractivity contribution in [3.05, 3.63) is 80.7 Å². The number of rotatable bonds is 4. The first-order valence-corrected chi connectivity index (χ1v) is 6.27. The number of nitro groups is 1. The van der Waals surface area contributed by atoms with Crippen molar-refractivity contribution in [1.29, 1.82) is 0 Å². The minimum atomic E-state index is -0.778. The normalized spacial score (nSPS) is 9.64. The molecule has 110 valence electrons. The van der Waals surface area contributed by atoms with Gasteiger partial charge in [0.1, 0.15) is 0 Å². The molecule has 0 saturated carbocycles. The average Bonchev–Trinajstić information content (AvgIpc) is 2.54. The largest absolute Gasteiger partial charge is 0.315 e. The number of hydrogen-bond acceptors (Lipinski definition) is 3. The molecule has 0 bridgehead atoms. The Bertz CT molecular complexity index is 724. The minimum absolute atomic E-state index is 0.0837. The molecule has 2 amide bonds. The summed E-state index contributed by atoms with van der Waals surface area (Å²) in [6.45, 7) is 0.191. The van der Waals surface area contributed by atoms with Crippen LogP contribution in [0.5, 0.6) is 0 Å². The van der Waals surface area contributed by atoms with Crippen molar-refractivity contribution in [2.45, 2.75) is 6.54 Å². The highest BCUT2D eigenvalue weighted by Crippen LogP contribution is 2.22. The number of anilines is 1. The van der Waals surface area contributed by atoms with Crippen molar-refractivity contribution in [2.75, 3.05) is 4.90 Å². The Morgan fingerprint density at radius 2 is 1.82 bits per heavy atom. The van der Waals surface area contributed by atoms with Gasteiger partial charge in [0.15, 0.2) is 0 Å². The predicted molar refractivity (Wildman–Crippen MR) is 80.3 cm³/mol. The van der Waals surface area contributed by atoms with Crippen molar-refractivity contribution >= 4 is 17.4 Å².